The summed E-state index contributed by atoms with van der Waals surface area (Å²) in [5.74, 6) is 1.58. The summed E-state index contributed by atoms with van der Waals surface area (Å²) in [6.07, 6.45) is 1.07. The highest BCUT2D eigenvalue weighted by atomic mass is 32.2. The molecule has 0 N–H and O–H groups in total. The molecule has 1 heterocycles. The summed E-state index contributed by atoms with van der Waals surface area (Å²) in [5, 5.41) is 0.0430. The van der Waals surface area contributed by atoms with Crippen LogP contribution in [0.1, 0.15) is 46.6 Å². The van der Waals surface area contributed by atoms with Gasteiger partial charge < -0.3 is 4.90 Å². The predicted molar refractivity (Wildman–Crippen MR) is 109 cm³/mol. The van der Waals surface area contributed by atoms with Gasteiger partial charge in [0.1, 0.15) is 0 Å². The quantitative estimate of drug-likeness (QED) is 0.781. The van der Waals surface area contributed by atoms with Crippen molar-refractivity contribution < 1.29 is 4.79 Å². The molecule has 1 aliphatic heterocycles. The number of carbonyl (C=O) groups is 1. The van der Waals surface area contributed by atoms with Crippen LogP contribution in [0.3, 0.4) is 0 Å². The molecular weight excluding hydrogens is 328 g/mol. The van der Waals surface area contributed by atoms with Gasteiger partial charge in [-0.25, -0.2) is 0 Å². The molecule has 0 spiro atoms. The Labute approximate surface area is 158 Å². The average Bonchev–Trinajstić information content (AvgIpc) is 2.81. The first-order chi connectivity index (χ1) is 11.8. The first kappa shape index (κ1) is 20.3. The van der Waals surface area contributed by atoms with Gasteiger partial charge in [-0.3, -0.25) is 9.69 Å². The minimum Gasteiger partial charge on any atom is -0.340 e. The van der Waals surface area contributed by atoms with Crippen LogP contribution in [-0.2, 0) is 10.5 Å². The number of hydrogen-bond acceptors (Lipinski definition) is 3. The first-order valence-electron chi connectivity index (χ1n) is 9.48. The number of nitrogens with zero attached hydrogens (tertiary/aromatic N) is 2. The van der Waals surface area contributed by atoms with Gasteiger partial charge >= 0.3 is 0 Å². The van der Waals surface area contributed by atoms with Crippen LogP contribution in [0.25, 0.3) is 0 Å². The van der Waals surface area contributed by atoms with Gasteiger partial charge in [-0.05, 0) is 38.7 Å². The van der Waals surface area contributed by atoms with Crippen LogP contribution < -0.4 is 0 Å². The van der Waals surface area contributed by atoms with Crippen molar-refractivity contribution in [1.29, 1.82) is 0 Å². The first-order valence-corrected chi connectivity index (χ1v) is 10.5. The maximum absolute atomic E-state index is 13.2. The molecule has 1 unspecified atom stereocenters. The summed E-state index contributed by atoms with van der Waals surface area (Å²) in [7, 11) is 0. The number of rotatable bonds is 5. The van der Waals surface area contributed by atoms with Crippen LogP contribution in [0, 0.1) is 5.92 Å². The molecule has 0 aromatic heterocycles. The minimum atomic E-state index is 0.0430. The molecule has 3 nitrogen and oxygen atoms in total. The lowest BCUT2D eigenvalue weighted by Gasteiger charge is -2.34. The minimum absolute atomic E-state index is 0.0430. The Morgan fingerprint density at radius 1 is 1.08 bits per heavy atom. The van der Waals surface area contributed by atoms with E-state index >= 15 is 0 Å². The molecule has 1 aliphatic rings. The highest BCUT2D eigenvalue weighted by molar-refractivity contribution is 7.99. The van der Waals surface area contributed by atoms with Crippen molar-refractivity contribution >= 4 is 17.7 Å². The van der Waals surface area contributed by atoms with Crippen LogP contribution in [-0.4, -0.2) is 52.7 Å². The predicted octanol–water partition coefficient (Wildman–Crippen LogP) is 4.28. The van der Waals surface area contributed by atoms with Gasteiger partial charge in [0.25, 0.3) is 0 Å². The third-order valence-corrected chi connectivity index (χ3v) is 6.48. The molecule has 0 bridgehead atoms. The van der Waals surface area contributed by atoms with Crippen LogP contribution in [0.4, 0.5) is 0 Å². The van der Waals surface area contributed by atoms with Gasteiger partial charge in [-0.15, -0.1) is 11.8 Å². The normalized spacial score (nSPS) is 18.2. The van der Waals surface area contributed by atoms with Crippen molar-refractivity contribution in [3.05, 3.63) is 35.9 Å². The number of hydrogen-bond donors (Lipinski definition) is 0. The molecule has 1 atom stereocenters. The standard InChI is InChI=1S/C21H34N2OS/c1-17(2)19(25-16-18-10-7-6-8-11-18)20(24)22-12-9-13-23(15-14-22)21(3,4)5/h6-8,10-11,17,19H,9,12-16H2,1-5H3. The Morgan fingerprint density at radius 3 is 2.36 bits per heavy atom. The lowest BCUT2D eigenvalue weighted by molar-refractivity contribution is -0.131. The van der Waals surface area contributed by atoms with E-state index in [0.29, 0.717) is 11.8 Å². The molecular formula is C21H34N2OS. The molecule has 140 valence electrons. The van der Waals surface area contributed by atoms with E-state index in [1.54, 1.807) is 11.8 Å². The van der Waals surface area contributed by atoms with E-state index in [4.69, 9.17) is 0 Å². The zero-order valence-electron chi connectivity index (χ0n) is 16.5. The molecule has 0 saturated carbocycles. The van der Waals surface area contributed by atoms with Gasteiger partial charge in [-0.2, -0.15) is 0 Å². The van der Waals surface area contributed by atoms with Gasteiger partial charge in [0.15, 0.2) is 0 Å². The number of carbonyl (C=O) groups excluding carboxylic acids is 1. The SMILES string of the molecule is CC(C)C(SCc1ccccc1)C(=O)N1CCCN(C(C)(C)C)CC1. The van der Waals surface area contributed by atoms with Crippen molar-refractivity contribution in [3.63, 3.8) is 0 Å². The van der Waals surface area contributed by atoms with Crippen LogP contribution in [0.5, 0.6) is 0 Å². The van der Waals surface area contributed by atoms with Crippen molar-refractivity contribution in [2.24, 2.45) is 5.92 Å². The molecule has 1 saturated heterocycles. The largest absolute Gasteiger partial charge is 0.340 e. The summed E-state index contributed by atoms with van der Waals surface area (Å²) in [6.45, 7) is 14.9. The Balaban J connectivity index is 1.97. The fourth-order valence-electron chi connectivity index (χ4n) is 3.30. The van der Waals surface area contributed by atoms with E-state index in [9.17, 15) is 4.79 Å². The molecule has 4 heteroatoms. The van der Waals surface area contributed by atoms with E-state index in [-0.39, 0.29) is 10.8 Å². The van der Waals surface area contributed by atoms with Gasteiger partial charge in [0.2, 0.25) is 5.91 Å². The van der Waals surface area contributed by atoms with E-state index in [2.05, 4.69) is 68.7 Å². The molecule has 1 aromatic carbocycles. The second-order valence-corrected chi connectivity index (χ2v) is 9.43. The monoisotopic (exact) mass is 362 g/mol. The maximum atomic E-state index is 13.2. The third-order valence-electron chi connectivity index (χ3n) is 4.88. The zero-order valence-corrected chi connectivity index (χ0v) is 17.3. The summed E-state index contributed by atoms with van der Waals surface area (Å²) in [6, 6.07) is 10.5. The molecule has 25 heavy (non-hydrogen) atoms. The van der Waals surface area contributed by atoms with Crippen LogP contribution in [0.15, 0.2) is 30.3 Å². The smallest absolute Gasteiger partial charge is 0.236 e. The van der Waals surface area contributed by atoms with Crippen molar-refractivity contribution in [2.45, 2.75) is 57.6 Å². The zero-order chi connectivity index (χ0) is 18.4. The summed E-state index contributed by atoms with van der Waals surface area (Å²) >= 11 is 1.79. The number of thioether (sulfide) groups is 1. The van der Waals surface area contributed by atoms with Crippen molar-refractivity contribution in [3.8, 4) is 0 Å². The third kappa shape index (κ3) is 6.03. The second-order valence-electron chi connectivity index (χ2n) is 8.30. The van der Waals surface area contributed by atoms with Gasteiger partial charge in [-0.1, -0.05) is 44.2 Å². The van der Waals surface area contributed by atoms with Crippen LogP contribution in [0.2, 0.25) is 0 Å². The molecule has 0 radical (unpaired) electrons. The number of amides is 1. The summed E-state index contributed by atoms with van der Waals surface area (Å²) in [4.78, 5) is 17.8. The summed E-state index contributed by atoms with van der Waals surface area (Å²) < 4.78 is 0. The van der Waals surface area contributed by atoms with E-state index in [1.807, 2.05) is 6.07 Å². The van der Waals surface area contributed by atoms with Gasteiger partial charge in [0.05, 0.1) is 5.25 Å². The van der Waals surface area contributed by atoms with Crippen molar-refractivity contribution in [2.75, 3.05) is 26.2 Å². The fourth-order valence-corrected chi connectivity index (χ4v) is 4.54. The molecule has 1 fully saturated rings. The van der Waals surface area contributed by atoms with E-state index in [0.717, 1.165) is 38.4 Å². The molecule has 1 amide bonds. The van der Waals surface area contributed by atoms with Crippen LogP contribution >= 0.6 is 11.8 Å². The molecule has 0 aliphatic carbocycles. The highest BCUT2D eigenvalue weighted by Gasteiger charge is 2.30. The average molecular weight is 363 g/mol. The number of benzene rings is 1. The second kappa shape index (κ2) is 9.09. The highest BCUT2D eigenvalue weighted by Crippen LogP contribution is 2.26. The lowest BCUT2D eigenvalue weighted by atomic mass is 10.1. The maximum Gasteiger partial charge on any atom is 0.236 e. The van der Waals surface area contributed by atoms with E-state index in [1.165, 1.54) is 5.56 Å². The lowest BCUT2D eigenvalue weighted by Crippen LogP contribution is -2.45. The topological polar surface area (TPSA) is 23.6 Å². The van der Waals surface area contributed by atoms with Gasteiger partial charge in [0, 0.05) is 37.5 Å². The Kier molecular flexibility index (Phi) is 7.38. The molecule has 1 aromatic rings. The molecule has 2 rings (SSSR count). The Morgan fingerprint density at radius 2 is 1.76 bits per heavy atom. The summed E-state index contributed by atoms with van der Waals surface area (Å²) in [5.41, 5.74) is 1.47. The Hall–Kier alpha value is -1.00. The van der Waals surface area contributed by atoms with Crippen molar-refractivity contribution in [1.82, 2.24) is 9.80 Å². The fraction of sp³-hybridized carbons (Fsp3) is 0.667. The Bertz CT molecular complexity index is 539. The van der Waals surface area contributed by atoms with E-state index < -0.39 is 0 Å².